The van der Waals surface area contributed by atoms with Gasteiger partial charge in [0.25, 0.3) is 5.91 Å². The van der Waals surface area contributed by atoms with Crippen LogP contribution in [0.15, 0.2) is 29.2 Å². The summed E-state index contributed by atoms with van der Waals surface area (Å²) in [5.41, 5.74) is 0.533. The van der Waals surface area contributed by atoms with Gasteiger partial charge >= 0.3 is 0 Å². The second-order valence-corrected chi connectivity index (χ2v) is 5.94. The number of hydrogen-bond acceptors (Lipinski definition) is 3. The van der Waals surface area contributed by atoms with E-state index in [1.54, 1.807) is 24.0 Å². The van der Waals surface area contributed by atoms with Gasteiger partial charge in [-0.05, 0) is 30.7 Å². The van der Waals surface area contributed by atoms with Crippen LogP contribution in [-0.4, -0.2) is 38.9 Å². The predicted octanol–water partition coefficient (Wildman–Crippen LogP) is 0.831. The lowest BCUT2D eigenvalue weighted by molar-refractivity contribution is 0.0651. The Hall–Kier alpha value is -1.40. The molecule has 1 amide bonds. The van der Waals surface area contributed by atoms with Crippen molar-refractivity contribution in [1.82, 2.24) is 9.62 Å². The summed E-state index contributed by atoms with van der Waals surface area (Å²) in [5.74, 6) is -0.0337. The average molecular weight is 268 g/mol. The third kappa shape index (κ3) is 2.54. The van der Waals surface area contributed by atoms with E-state index >= 15 is 0 Å². The molecule has 1 aromatic rings. The van der Waals surface area contributed by atoms with E-state index in [1.165, 1.54) is 12.1 Å². The van der Waals surface area contributed by atoms with Gasteiger partial charge in [0.15, 0.2) is 0 Å². The molecule has 98 valence electrons. The number of hydrogen-bond donors (Lipinski definition) is 1. The summed E-state index contributed by atoms with van der Waals surface area (Å²) >= 11 is 0. The molecule has 1 N–H and O–H groups in total. The maximum atomic E-state index is 11.9. The van der Waals surface area contributed by atoms with Gasteiger partial charge in [-0.3, -0.25) is 4.79 Å². The Bertz CT molecular complexity index is 533. The van der Waals surface area contributed by atoms with Crippen LogP contribution in [0.4, 0.5) is 0 Å². The summed E-state index contributed by atoms with van der Waals surface area (Å²) in [6.07, 6.45) is 1.04. The van der Waals surface area contributed by atoms with Crippen molar-refractivity contribution in [3.63, 3.8) is 0 Å². The first-order valence-electron chi connectivity index (χ1n) is 5.93. The first kappa shape index (κ1) is 13.0. The van der Waals surface area contributed by atoms with Crippen LogP contribution >= 0.6 is 0 Å². The topological polar surface area (TPSA) is 66.5 Å². The van der Waals surface area contributed by atoms with Crippen LogP contribution in [0.25, 0.3) is 0 Å². The number of nitrogens with zero attached hydrogens (tertiary/aromatic N) is 1. The molecule has 0 bridgehead atoms. The molecule has 1 heterocycles. The van der Waals surface area contributed by atoms with E-state index in [9.17, 15) is 13.2 Å². The molecular weight excluding hydrogens is 252 g/mol. The van der Waals surface area contributed by atoms with Gasteiger partial charge in [-0.1, -0.05) is 6.92 Å². The Kier molecular flexibility index (Phi) is 3.68. The van der Waals surface area contributed by atoms with Gasteiger partial charge in [0.1, 0.15) is 0 Å². The molecule has 0 radical (unpaired) electrons. The van der Waals surface area contributed by atoms with Gasteiger partial charge in [0, 0.05) is 25.2 Å². The van der Waals surface area contributed by atoms with Crippen molar-refractivity contribution in [2.24, 2.45) is 0 Å². The second-order valence-electron chi connectivity index (χ2n) is 4.17. The normalized spacial score (nSPS) is 15.3. The van der Waals surface area contributed by atoms with Crippen LogP contribution in [0.3, 0.4) is 0 Å². The van der Waals surface area contributed by atoms with Crippen LogP contribution in [-0.2, 0) is 10.0 Å². The Morgan fingerprint density at radius 3 is 2.33 bits per heavy atom. The smallest absolute Gasteiger partial charge is 0.253 e. The van der Waals surface area contributed by atoms with Crippen LogP contribution in [0.2, 0.25) is 0 Å². The van der Waals surface area contributed by atoms with Crippen molar-refractivity contribution < 1.29 is 13.2 Å². The van der Waals surface area contributed by atoms with E-state index in [2.05, 4.69) is 4.72 Å². The highest BCUT2D eigenvalue weighted by molar-refractivity contribution is 7.89. The fourth-order valence-corrected chi connectivity index (χ4v) is 2.79. The van der Waals surface area contributed by atoms with Gasteiger partial charge < -0.3 is 4.90 Å². The highest BCUT2D eigenvalue weighted by atomic mass is 32.2. The van der Waals surface area contributed by atoms with Gasteiger partial charge in [-0.15, -0.1) is 0 Å². The first-order chi connectivity index (χ1) is 8.54. The zero-order valence-corrected chi connectivity index (χ0v) is 11.0. The van der Waals surface area contributed by atoms with E-state index < -0.39 is 10.0 Å². The number of carbonyl (C=O) groups is 1. The number of sulfonamides is 1. The number of nitrogens with one attached hydrogen (secondary N) is 1. The predicted molar refractivity (Wildman–Crippen MR) is 67.8 cm³/mol. The zero-order valence-electron chi connectivity index (χ0n) is 10.2. The summed E-state index contributed by atoms with van der Waals surface area (Å²) in [7, 11) is -3.44. The lowest BCUT2D eigenvalue weighted by Crippen LogP contribution is -2.42. The molecule has 6 heteroatoms. The maximum absolute atomic E-state index is 11.9. The lowest BCUT2D eigenvalue weighted by atomic mass is 10.1. The summed E-state index contributed by atoms with van der Waals surface area (Å²) in [6, 6.07) is 6.05. The highest BCUT2D eigenvalue weighted by Gasteiger charge is 2.22. The van der Waals surface area contributed by atoms with E-state index in [0.717, 1.165) is 19.5 Å². The Balaban J connectivity index is 2.17. The van der Waals surface area contributed by atoms with Crippen molar-refractivity contribution in [1.29, 1.82) is 0 Å². The fraction of sp³-hybridized carbons (Fsp3) is 0.417. The first-order valence-corrected chi connectivity index (χ1v) is 7.42. The Labute approximate surface area is 107 Å². The van der Waals surface area contributed by atoms with E-state index in [-0.39, 0.29) is 10.8 Å². The van der Waals surface area contributed by atoms with Gasteiger partial charge in [-0.2, -0.15) is 0 Å². The molecule has 0 aliphatic carbocycles. The monoisotopic (exact) mass is 268 g/mol. The molecule has 1 fully saturated rings. The van der Waals surface area contributed by atoms with Crippen molar-refractivity contribution in [3.8, 4) is 0 Å². The van der Waals surface area contributed by atoms with Crippen molar-refractivity contribution in [3.05, 3.63) is 29.8 Å². The molecule has 5 nitrogen and oxygen atoms in total. The third-order valence-corrected chi connectivity index (χ3v) is 4.45. The summed E-state index contributed by atoms with van der Waals surface area (Å²) in [5, 5.41) is 0. The molecule has 1 aromatic carbocycles. The van der Waals surface area contributed by atoms with Crippen LogP contribution in [0.5, 0.6) is 0 Å². The quantitative estimate of drug-likeness (QED) is 0.879. The SMILES string of the molecule is CCNS(=O)(=O)c1ccc(C(=O)N2CCC2)cc1. The molecule has 0 aromatic heterocycles. The van der Waals surface area contributed by atoms with Crippen molar-refractivity contribution >= 4 is 15.9 Å². The minimum atomic E-state index is -3.44. The molecule has 18 heavy (non-hydrogen) atoms. The number of rotatable bonds is 4. The Morgan fingerprint density at radius 1 is 1.28 bits per heavy atom. The average Bonchev–Trinajstić information content (AvgIpc) is 2.27. The number of likely N-dealkylation sites (tertiary alicyclic amines) is 1. The van der Waals surface area contributed by atoms with Crippen molar-refractivity contribution in [2.45, 2.75) is 18.2 Å². The molecule has 1 aliphatic rings. The van der Waals surface area contributed by atoms with E-state index in [1.807, 2.05) is 0 Å². The largest absolute Gasteiger partial charge is 0.339 e. The summed E-state index contributed by atoms with van der Waals surface area (Å²) < 4.78 is 25.8. The van der Waals surface area contributed by atoms with Gasteiger partial charge in [-0.25, -0.2) is 13.1 Å². The molecular formula is C12H16N2O3S. The van der Waals surface area contributed by atoms with Crippen LogP contribution in [0, 0.1) is 0 Å². The van der Waals surface area contributed by atoms with Gasteiger partial charge in [0.2, 0.25) is 10.0 Å². The third-order valence-electron chi connectivity index (χ3n) is 2.89. The Morgan fingerprint density at radius 2 is 1.89 bits per heavy atom. The minimum absolute atomic E-state index is 0.0337. The molecule has 2 rings (SSSR count). The molecule has 0 spiro atoms. The molecule has 1 aliphatic heterocycles. The van der Waals surface area contributed by atoms with E-state index in [0.29, 0.717) is 12.1 Å². The molecule has 0 unspecified atom stereocenters. The number of benzene rings is 1. The molecule has 0 saturated carbocycles. The van der Waals surface area contributed by atoms with E-state index in [4.69, 9.17) is 0 Å². The van der Waals surface area contributed by atoms with Crippen LogP contribution in [0.1, 0.15) is 23.7 Å². The summed E-state index contributed by atoms with van der Waals surface area (Å²) in [6.45, 7) is 3.64. The maximum Gasteiger partial charge on any atom is 0.253 e. The lowest BCUT2D eigenvalue weighted by Gasteiger charge is -2.30. The standard InChI is InChI=1S/C12H16N2O3S/c1-2-13-18(16,17)11-6-4-10(5-7-11)12(15)14-8-3-9-14/h4-7,13H,2-3,8-9H2,1H3. The fourth-order valence-electron chi connectivity index (χ4n) is 1.75. The molecule has 0 atom stereocenters. The number of carbonyl (C=O) groups excluding carboxylic acids is 1. The second kappa shape index (κ2) is 5.07. The van der Waals surface area contributed by atoms with Crippen molar-refractivity contribution in [2.75, 3.05) is 19.6 Å². The van der Waals surface area contributed by atoms with Crippen LogP contribution < -0.4 is 4.72 Å². The number of amides is 1. The molecule has 1 saturated heterocycles. The van der Waals surface area contributed by atoms with Gasteiger partial charge in [0.05, 0.1) is 4.90 Å². The minimum Gasteiger partial charge on any atom is -0.339 e. The highest BCUT2D eigenvalue weighted by Crippen LogP contribution is 2.15. The summed E-state index contributed by atoms with van der Waals surface area (Å²) in [4.78, 5) is 13.8. The zero-order chi connectivity index (χ0) is 13.2.